The van der Waals surface area contributed by atoms with Gasteiger partial charge in [0.25, 0.3) is 0 Å². The highest BCUT2D eigenvalue weighted by Gasteiger charge is 2.45. The molecule has 5 atom stereocenters. The lowest BCUT2D eigenvalue weighted by Gasteiger charge is -2.32. The molecular formula is C44H67N5O10. The molecule has 59 heavy (non-hydrogen) atoms. The maximum absolute atomic E-state index is 13.3. The van der Waals surface area contributed by atoms with Gasteiger partial charge < -0.3 is 38.6 Å². The van der Waals surface area contributed by atoms with Crippen LogP contribution in [0.2, 0.25) is 0 Å². The first-order valence-electron chi connectivity index (χ1n) is 21.2. The molecule has 3 fully saturated rings. The van der Waals surface area contributed by atoms with Crippen LogP contribution in [0.15, 0.2) is 18.5 Å². The van der Waals surface area contributed by atoms with Crippen molar-refractivity contribution in [2.24, 2.45) is 11.3 Å². The molecule has 2 amide bonds. The predicted molar refractivity (Wildman–Crippen MR) is 221 cm³/mol. The van der Waals surface area contributed by atoms with Crippen molar-refractivity contribution in [3.05, 3.63) is 24.0 Å². The van der Waals surface area contributed by atoms with Gasteiger partial charge in [-0.25, -0.2) is 24.2 Å². The van der Waals surface area contributed by atoms with Crippen LogP contribution in [0, 0.1) is 11.3 Å². The molecule has 1 aliphatic carbocycles. The average Bonchev–Trinajstić information content (AvgIpc) is 3.72. The second-order valence-electron chi connectivity index (χ2n) is 19.4. The predicted octanol–water partition coefficient (Wildman–Crippen LogP) is 7.01. The quantitative estimate of drug-likeness (QED) is 0.118. The number of carbonyl (C=O) groups is 4. The van der Waals surface area contributed by atoms with E-state index in [0.717, 1.165) is 69.0 Å². The molecule has 1 N–H and O–H groups in total. The van der Waals surface area contributed by atoms with E-state index >= 15 is 0 Å². The number of ether oxygens (including phenoxy) is 6. The molecule has 2 aromatic heterocycles. The van der Waals surface area contributed by atoms with Crippen molar-refractivity contribution in [3.63, 3.8) is 0 Å². The fraction of sp³-hybridized carbons (Fsp3) is 0.727. The number of methoxy groups -OCH3 is 1. The van der Waals surface area contributed by atoms with Crippen LogP contribution in [-0.4, -0.2) is 119 Å². The molecule has 4 heterocycles. The van der Waals surface area contributed by atoms with Gasteiger partial charge >= 0.3 is 24.1 Å². The maximum atomic E-state index is 13.3. The second kappa shape index (κ2) is 18.9. The number of hydrogen-bond acceptors (Lipinski definition) is 13. The Balaban J connectivity index is 1.26. The lowest BCUT2D eigenvalue weighted by molar-refractivity contribution is -0.160. The summed E-state index contributed by atoms with van der Waals surface area (Å²) in [6.45, 7) is 18.3. The normalized spacial score (nSPS) is 22.1. The molecule has 0 radical (unpaired) electrons. The summed E-state index contributed by atoms with van der Waals surface area (Å²) in [5, 5.41) is 3.56. The topological polar surface area (TPSA) is 168 Å². The summed E-state index contributed by atoms with van der Waals surface area (Å²) in [6, 6.07) is 0.122. The van der Waals surface area contributed by atoms with Crippen molar-refractivity contribution in [1.29, 1.82) is 0 Å². The van der Waals surface area contributed by atoms with Crippen LogP contribution in [0.4, 0.5) is 9.59 Å². The number of pyridine rings is 2. The second-order valence-corrected chi connectivity index (χ2v) is 19.4. The van der Waals surface area contributed by atoms with E-state index in [1.165, 1.54) is 12.0 Å². The summed E-state index contributed by atoms with van der Waals surface area (Å²) in [6.07, 6.45) is 8.42. The van der Waals surface area contributed by atoms with E-state index in [2.05, 4.69) is 22.2 Å². The number of esters is 2. The molecule has 5 rings (SSSR count). The highest BCUT2D eigenvalue weighted by Crippen LogP contribution is 2.41. The van der Waals surface area contributed by atoms with E-state index in [4.69, 9.17) is 33.4 Å². The molecule has 0 aromatic carbocycles. The van der Waals surface area contributed by atoms with Crippen molar-refractivity contribution in [2.45, 2.75) is 162 Å². The highest BCUT2D eigenvalue weighted by atomic mass is 16.6. The van der Waals surface area contributed by atoms with Crippen molar-refractivity contribution in [3.8, 4) is 11.6 Å². The summed E-state index contributed by atoms with van der Waals surface area (Å²) in [4.78, 5) is 65.0. The number of fused-ring (bicyclic) bond motifs is 1. The smallest absolute Gasteiger partial charge is 0.411 e. The average molecular weight is 826 g/mol. The number of amides is 2. The Morgan fingerprint density at radius 1 is 0.898 bits per heavy atom. The summed E-state index contributed by atoms with van der Waals surface area (Å²) >= 11 is 0. The first-order chi connectivity index (χ1) is 27.6. The first-order valence-corrected chi connectivity index (χ1v) is 21.2. The number of likely N-dealkylation sites (tertiary alicyclic amines) is 2. The third-order valence-electron chi connectivity index (χ3n) is 10.8. The monoisotopic (exact) mass is 825 g/mol. The first kappa shape index (κ1) is 45.7. The summed E-state index contributed by atoms with van der Waals surface area (Å²) in [7, 11) is 3.42. The third kappa shape index (κ3) is 13.0. The molecule has 1 saturated carbocycles. The van der Waals surface area contributed by atoms with Gasteiger partial charge in [0.1, 0.15) is 47.3 Å². The van der Waals surface area contributed by atoms with E-state index in [0.29, 0.717) is 23.6 Å². The largest absolute Gasteiger partial charge is 0.489 e. The minimum absolute atomic E-state index is 0.00765. The Hall–Kier alpha value is -4.40. The van der Waals surface area contributed by atoms with Crippen LogP contribution in [0.3, 0.4) is 0 Å². The number of nitrogens with zero attached hydrogens (tertiary/aromatic N) is 4. The Morgan fingerprint density at radius 3 is 2.24 bits per heavy atom. The van der Waals surface area contributed by atoms with E-state index in [9.17, 15) is 19.2 Å². The number of aromatic nitrogens is 2. The molecule has 2 aromatic rings. The van der Waals surface area contributed by atoms with E-state index in [1.807, 2.05) is 26.8 Å². The molecular weight excluding hydrogens is 759 g/mol. The van der Waals surface area contributed by atoms with Crippen LogP contribution in [0.5, 0.6) is 11.6 Å². The molecule has 0 spiro atoms. The standard InChI is InChI=1S/C44H67N5O10/c1-42(2,3)36(39(51)58-43(4,5)6)47-40(52)57-34-23-27(34)15-13-12-14-16-30-35(55-28-18-21-48(10)22-19-28)31-25-45-20-17-32(31)46-37(30)56-29-24-33(38(50)54-11)49(26-29)41(53)59-44(7,8)9/h17,20,25,27-29,33-34,36H,12-16,18-19,21-24,26H2,1-11H3,(H,47,52)/t27-,29-,33+,34-,36?/m1/s1. The summed E-state index contributed by atoms with van der Waals surface area (Å²) in [5.74, 6) is 0.347. The van der Waals surface area contributed by atoms with Gasteiger partial charge in [-0.2, -0.15) is 0 Å². The lowest BCUT2D eigenvalue weighted by Crippen LogP contribution is -2.51. The van der Waals surface area contributed by atoms with Gasteiger partial charge in [-0.3, -0.25) is 9.88 Å². The van der Waals surface area contributed by atoms with Gasteiger partial charge in [-0.05, 0) is 105 Å². The van der Waals surface area contributed by atoms with Crippen LogP contribution in [0.25, 0.3) is 10.9 Å². The molecule has 328 valence electrons. The molecule has 15 heteroatoms. The molecule has 2 saturated heterocycles. The maximum Gasteiger partial charge on any atom is 0.411 e. The Labute approximate surface area is 349 Å². The van der Waals surface area contributed by atoms with Gasteiger partial charge in [0.2, 0.25) is 5.88 Å². The van der Waals surface area contributed by atoms with Crippen LogP contribution < -0.4 is 14.8 Å². The van der Waals surface area contributed by atoms with Crippen molar-refractivity contribution < 1.29 is 47.6 Å². The number of unbranched alkanes of at least 4 members (excludes halogenated alkanes) is 2. The van der Waals surface area contributed by atoms with Crippen molar-refractivity contribution in [1.82, 2.24) is 25.1 Å². The van der Waals surface area contributed by atoms with E-state index in [1.54, 1.807) is 53.9 Å². The minimum atomic E-state index is -0.867. The van der Waals surface area contributed by atoms with Gasteiger partial charge in [0.05, 0.1) is 30.1 Å². The lowest BCUT2D eigenvalue weighted by atomic mass is 9.86. The SMILES string of the molecule is COC(=O)[C@@H]1C[C@@H](Oc2nc3ccncc3c(OC3CCN(C)CC3)c2CCCCC[C@@H]2C[C@H]2OC(=O)NC(C(=O)OC(C)(C)C)C(C)(C)C)CN1C(=O)OC(C)(C)C. The zero-order chi connectivity index (χ0) is 43.3. The van der Waals surface area contributed by atoms with Crippen LogP contribution >= 0.6 is 0 Å². The Kier molecular flexibility index (Phi) is 14.6. The van der Waals surface area contributed by atoms with Gasteiger partial charge in [0.15, 0.2) is 0 Å². The number of piperidine rings is 1. The number of carbonyl (C=O) groups excluding carboxylic acids is 4. The minimum Gasteiger partial charge on any atom is -0.489 e. The fourth-order valence-electron chi connectivity index (χ4n) is 7.57. The van der Waals surface area contributed by atoms with Gasteiger partial charge in [0, 0.05) is 31.9 Å². The van der Waals surface area contributed by atoms with Gasteiger partial charge in [-0.1, -0.05) is 33.6 Å². The highest BCUT2D eigenvalue weighted by molar-refractivity contribution is 5.87. The summed E-state index contributed by atoms with van der Waals surface area (Å²) < 4.78 is 35.5. The number of hydrogen-bond donors (Lipinski definition) is 1. The van der Waals surface area contributed by atoms with Crippen molar-refractivity contribution >= 4 is 35.0 Å². The van der Waals surface area contributed by atoms with E-state index in [-0.39, 0.29) is 31.1 Å². The van der Waals surface area contributed by atoms with E-state index < -0.39 is 58.9 Å². The fourth-order valence-corrected chi connectivity index (χ4v) is 7.57. The molecule has 2 aliphatic heterocycles. The number of rotatable bonds is 14. The van der Waals surface area contributed by atoms with Crippen LogP contribution in [-0.2, 0) is 35.0 Å². The molecule has 1 unspecified atom stereocenters. The molecule has 0 bridgehead atoms. The zero-order valence-corrected chi connectivity index (χ0v) is 37.1. The molecule has 15 nitrogen and oxygen atoms in total. The zero-order valence-electron chi connectivity index (χ0n) is 37.1. The van der Waals surface area contributed by atoms with Gasteiger partial charge in [-0.15, -0.1) is 0 Å². The molecule has 3 aliphatic rings. The summed E-state index contributed by atoms with van der Waals surface area (Å²) in [5.41, 5.74) is -0.483. The van der Waals surface area contributed by atoms with Crippen molar-refractivity contribution in [2.75, 3.05) is 33.8 Å². The Morgan fingerprint density at radius 2 is 1.59 bits per heavy atom. The van der Waals surface area contributed by atoms with Crippen LogP contribution in [0.1, 0.15) is 119 Å². The third-order valence-corrected chi connectivity index (χ3v) is 10.8. The number of alkyl carbamates (subject to hydrolysis) is 1. The number of nitrogens with one attached hydrogen (secondary N) is 1. The Bertz CT molecular complexity index is 1790.